The first-order valence-corrected chi connectivity index (χ1v) is 7.77. The van der Waals surface area contributed by atoms with Crippen molar-refractivity contribution in [3.63, 3.8) is 0 Å². The van der Waals surface area contributed by atoms with Gasteiger partial charge in [-0.2, -0.15) is 0 Å². The summed E-state index contributed by atoms with van der Waals surface area (Å²) >= 11 is 0. The van der Waals surface area contributed by atoms with Gasteiger partial charge in [-0.1, -0.05) is 6.07 Å². The van der Waals surface area contributed by atoms with Crippen LogP contribution in [-0.4, -0.2) is 37.5 Å². The Hall–Kier alpha value is -1.26. The summed E-state index contributed by atoms with van der Waals surface area (Å²) in [5, 5.41) is 13.2. The molecule has 1 aromatic carbocycles. The van der Waals surface area contributed by atoms with E-state index in [1.165, 1.54) is 5.56 Å². The van der Waals surface area contributed by atoms with Gasteiger partial charge in [0.25, 0.3) is 0 Å². The van der Waals surface area contributed by atoms with Crippen molar-refractivity contribution in [1.29, 1.82) is 0 Å². The van der Waals surface area contributed by atoms with Crippen molar-refractivity contribution in [2.75, 3.05) is 14.2 Å². The summed E-state index contributed by atoms with van der Waals surface area (Å²) in [6.07, 6.45) is 4.83. The summed E-state index contributed by atoms with van der Waals surface area (Å²) in [6.45, 7) is 2.21. The zero-order chi connectivity index (χ0) is 15.2. The van der Waals surface area contributed by atoms with Crippen molar-refractivity contribution < 1.29 is 14.6 Å². The second kappa shape index (κ2) is 7.66. The summed E-state index contributed by atoms with van der Waals surface area (Å²) in [7, 11) is 3.32. The molecule has 1 aromatic rings. The predicted molar refractivity (Wildman–Crippen MR) is 84.1 cm³/mol. The van der Waals surface area contributed by atoms with Gasteiger partial charge >= 0.3 is 0 Å². The number of ether oxygens (including phenoxy) is 2. The maximum Gasteiger partial charge on any atom is 0.160 e. The van der Waals surface area contributed by atoms with Crippen LogP contribution in [0, 0.1) is 0 Å². The second-order valence-electron chi connectivity index (χ2n) is 5.97. The van der Waals surface area contributed by atoms with Gasteiger partial charge in [0.15, 0.2) is 11.5 Å². The highest BCUT2D eigenvalue weighted by Gasteiger charge is 2.20. The molecule has 0 aliphatic heterocycles. The smallest absolute Gasteiger partial charge is 0.160 e. The van der Waals surface area contributed by atoms with Gasteiger partial charge < -0.3 is 19.9 Å². The number of aliphatic hydroxyl groups is 1. The number of hydrogen-bond acceptors (Lipinski definition) is 4. The van der Waals surface area contributed by atoms with Crippen LogP contribution in [0.4, 0.5) is 0 Å². The normalized spacial score (nSPS) is 23.6. The maximum absolute atomic E-state index is 9.55. The fraction of sp³-hybridized carbons (Fsp3) is 0.647. The van der Waals surface area contributed by atoms with Crippen molar-refractivity contribution >= 4 is 0 Å². The van der Waals surface area contributed by atoms with E-state index in [9.17, 15) is 5.11 Å². The minimum absolute atomic E-state index is 0.0933. The van der Waals surface area contributed by atoms with Gasteiger partial charge in [-0.05, 0) is 56.7 Å². The Morgan fingerprint density at radius 1 is 1.14 bits per heavy atom. The van der Waals surface area contributed by atoms with Gasteiger partial charge in [-0.3, -0.25) is 0 Å². The summed E-state index contributed by atoms with van der Waals surface area (Å²) in [5.74, 6) is 1.55. The van der Waals surface area contributed by atoms with Crippen molar-refractivity contribution in [3.05, 3.63) is 23.8 Å². The highest BCUT2D eigenvalue weighted by Crippen LogP contribution is 2.28. The summed E-state index contributed by atoms with van der Waals surface area (Å²) < 4.78 is 10.6. The molecule has 118 valence electrons. The SMILES string of the molecule is COc1ccc(C[C@@H](C)NC2CCC(O)CC2)cc1OC. The van der Waals surface area contributed by atoms with E-state index in [0.29, 0.717) is 12.1 Å². The summed E-state index contributed by atoms with van der Waals surface area (Å²) in [4.78, 5) is 0. The zero-order valence-corrected chi connectivity index (χ0v) is 13.3. The molecule has 2 N–H and O–H groups in total. The van der Waals surface area contributed by atoms with E-state index in [1.54, 1.807) is 14.2 Å². The van der Waals surface area contributed by atoms with Crippen LogP contribution in [0.15, 0.2) is 18.2 Å². The number of rotatable bonds is 6. The average Bonchev–Trinajstić information content (AvgIpc) is 2.49. The van der Waals surface area contributed by atoms with Crippen LogP contribution in [0.3, 0.4) is 0 Å². The molecule has 1 aliphatic carbocycles. The Kier molecular flexibility index (Phi) is 5.88. The van der Waals surface area contributed by atoms with Gasteiger partial charge in [-0.15, -0.1) is 0 Å². The Morgan fingerprint density at radius 3 is 2.43 bits per heavy atom. The van der Waals surface area contributed by atoms with Crippen molar-refractivity contribution in [2.45, 2.75) is 57.2 Å². The molecule has 1 fully saturated rings. The van der Waals surface area contributed by atoms with E-state index in [0.717, 1.165) is 43.6 Å². The molecule has 0 spiro atoms. The minimum atomic E-state index is -0.0933. The van der Waals surface area contributed by atoms with Crippen LogP contribution in [0.5, 0.6) is 11.5 Å². The largest absolute Gasteiger partial charge is 0.493 e. The number of benzene rings is 1. The Labute approximate surface area is 127 Å². The molecule has 0 unspecified atom stereocenters. The van der Waals surface area contributed by atoms with Gasteiger partial charge in [-0.25, -0.2) is 0 Å². The van der Waals surface area contributed by atoms with Gasteiger partial charge in [0.2, 0.25) is 0 Å². The molecule has 0 aromatic heterocycles. The van der Waals surface area contributed by atoms with Crippen LogP contribution in [0.25, 0.3) is 0 Å². The molecule has 1 atom stereocenters. The van der Waals surface area contributed by atoms with Crippen molar-refractivity contribution in [2.24, 2.45) is 0 Å². The molecule has 1 saturated carbocycles. The zero-order valence-electron chi connectivity index (χ0n) is 13.3. The standard InChI is InChI=1S/C17H27NO3/c1-12(18-14-5-7-15(19)8-6-14)10-13-4-9-16(20-2)17(11-13)21-3/h4,9,11-12,14-15,18-19H,5-8,10H2,1-3H3/t12-,14?,15?/m1/s1. The van der Waals surface area contributed by atoms with Gasteiger partial charge in [0.05, 0.1) is 20.3 Å². The molecule has 0 saturated heterocycles. The topological polar surface area (TPSA) is 50.7 Å². The van der Waals surface area contributed by atoms with E-state index in [1.807, 2.05) is 12.1 Å². The molecule has 2 rings (SSSR count). The third-order valence-electron chi connectivity index (χ3n) is 4.21. The number of nitrogens with one attached hydrogen (secondary N) is 1. The molecular weight excluding hydrogens is 266 g/mol. The first kappa shape index (κ1) is 16.1. The predicted octanol–water partition coefficient (Wildman–Crippen LogP) is 2.53. The molecule has 4 heteroatoms. The van der Waals surface area contributed by atoms with Gasteiger partial charge in [0, 0.05) is 12.1 Å². The van der Waals surface area contributed by atoms with Crippen LogP contribution in [0.1, 0.15) is 38.2 Å². The van der Waals surface area contributed by atoms with Crippen LogP contribution in [-0.2, 0) is 6.42 Å². The summed E-state index contributed by atoms with van der Waals surface area (Å²) in [6, 6.07) is 7.02. The van der Waals surface area contributed by atoms with Gasteiger partial charge in [0.1, 0.15) is 0 Å². The van der Waals surface area contributed by atoms with E-state index in [2.05, 4.69) is 18.3 Å². The molecule has 0 heterocycles. The lowest BCUT2D eigenvalue weighted by atomic mass is 9.92. The van der Waals surface area contributed by atoms with Crippen molar-refractivity contribution in [3.8, 4) is 11.5 Å². The molecule has 1 aliphatic rings. The first-order chi connectivity index (χ1) is 10.1. The average molecular weight is 293 g/mol. The molecule has 0 amide bonds. The lowest BCUT2D eigenvalue weighted by Crippen LogP contribution is -2.40. The molecule has 21 heavy (non-hydrogen) atoms. The van der Waals surface area contributed by atoms with E-state index in [4.69, 9.17) is 9.47 Å². The number of aliphatic hydroxyl groups excluding tert-OH is 1. The fourth-order valence-electron chi connectivity index (χ4n) is 3.06. The van der Waals surface area contributed by atoms with E-state index < -0.39 is 0 Å². The fourth-order valence-corrected chi connectivity index (χ4v) is 3.06. The third kappa shape index (κ3) is 4.61. The maximum atomic E-state index is 9.55. The highest BCUT2D eigenvalue weighted by molar-refractivity contribution is 5.43. The van der Waals surface area contributed by atoms with Crippen molar-refractivity contribution in [1.82, 2.24) is 5.32 Å². The van der Waals surface area contributed by atoms with E-state index in [-0.39, 0.29) is 6.10 Å². The first-order valence-electron chi connectivity index (χ1n) is 7.77. The number of hydrogen-bond donors (Lipinski definition) is 2. The lowest BCUT2D eigenvalue weighted by molar-refractivity contribution is 0.114. The number of methoxy groups -OCH3 is 2. The molecule has 0 radical (unpaired) electrons. The highest BCUT2D eigenvalue weighted by atomic mass is 16.5. The quantitative estimate of drug-likeness (QED) is 0.846. The third-order valence-corrected chi connectivity index (χ3v) is 4.21. The molecule has 0 bridgehead atoms. The Bertz CT molecular complexity index is 442. The van der Waals surface area contributed by atoms with Crippen LogP contribution < -0.4 is 14.8 Å². The summed E-state index contributed by atoms with van der Waals surface area (Å²) in [5.41, 5.74) is 1.24. The lowest BCUT2D eigenvalue weighted by Gasteiger charge is -2.29. The molecule has 4 nitrogen and oxygen atoms in total. The second-order valence-corrected chi connectivity index (χ2v) is 5.97. The monoisotopic (exact) mass is 293 g/mol. The van der Waals surface area contributed by atoms with Crippen LogP contribution in [0.2, 0.25) is 0 Å². The van der Waals surface area contributed by atoms with Crippen LogP contribution >= 0.6 is 0 Å². The van der Waals surface area contributed by atoms with E-state index >= 15 is 0 Å². The Morgan fingerprint density at radius 2 is 1.81 bits per heavy atom. The Balaban J connectivity index is 1.88. The molecular formula is C17H27NO3. The minimum Gasteiger partial charge on any atom is -0.493 e.